The fourth-order valence-electron chi connectivity index (χ4n) is 2.19. The van der Waals surface area contributed by atoms with Crippen LogP contribution in [0.15, 0.2) is 0 Å². The third kappa shape index (κ3) is 12.3. The number of unbranched alkanes of at least 4 members (excludes halogenated alkanes) is 6. The van der Waals surface area contributed by atoms with E-state index in [0.29, 0.717) is 6.61 Å². The SMILES string of the molecule is CCCCCCCCCOC(=O)CN(C)C(=O)CN(C)C(=O)OCC. The van der Waals surface area contributed by atoms with Gasteiger partial charge >= 0.3 is 12.1 Å². The molecule has 0 radical (unpaired) electrons. The monoisotopic (exact) mass is 358 g/mol. The molecule has 0 aliphatic rings. The first-order valence-electron chi connectivity index (χ1n) is 9.19. The predicted octanol–water partition coefficient (Wildman–Crippen LogP) is 2.83. The van der Waals surface area contributed by atoms with E-state index in [2.05, 4.69) is 6.92 Å². The number of amides is 2. The normalized spacial score (nSPS) is 10.2. The van der Waals surface area contributed by atoms with E-state index >= 15 is 0 Å². The molecule has 7 nitrogen and oxygen atoms in total. The Labute approximate surface area is 151 Å². The average molecular weight is 358 g/mol. The van der Waals surface area contributed by atoms with Crippen molar-refractivity contribution in [1.82, 2.24) is 9.80 Å². The van der Waals surface area contributed by atoms with Crippen LogP contribution in [0, 0.1) is 0 Å². The lowest BCUT2D eigenvalue weighted by atomic mass is 10.1. The van der Waals surface area contributed by atoms with Gasteiger partial charge in [0, 0.05) is 14.1 Å². The Hall–Kier alpha value is -1.79. The number of ether oxygens (including phenoxy) is 2. The first-order chi connectivity index (χ1) is 11.9. The summed E-state index contributed by atoms with van der Waals surface area (Å²) in [6, 6.07) is 0. The topological polar surface area (TPSA) is 76.2 Å². The van der Waals surface area contributed by atoms with Gasteiger partial charge in [-0.3, -0.25) is 9.59 Å². The molecular formula is C18H34N2O5. The van der Waals surface area contributed by atoms with Gasteiger partial charge in [0.1, 0.15) is 13.1 Å². The van der Waals surface area contributed by atoms with E-state index < -0.39 is 12.1 Å². The highest BCUT2D eigenvalue weighted by molar-refractivity contribution is 5.85. The zero-order valence-corrected chi connectivity index (χ0v) is 16.2. The molecule has 0 fully saturated rings. The molecule has 0 aromatic rings. The van der Waals surface area contributed by atoms with Crippen LogP contribution in [0.4, 0.5) is 4.79 Å². The maximum Gasteiger partial charge on any atom is 0.409 e. The van der Waals surface area contributed by atoms with Crippen LogP contribution in [0.1, 0.15) is 58.8 Å². The second kappa shape index (κ2) is 14.5. The number of likely N-dealkylation sites (N-methyl/N-ethyl adjacent to an activating group) is 2. The summed E-state index contributed by atoms with van der Waals surface area (Å²) in [5.74, 6) is -0.774. The molecule has 0 atom stereocenters. The van der Waals surface area contributed by atoms with Crippen LogP contribution in [0.2, 0.25) is 0 Å². The fourth-order valence-corrected chi connectivity index (χ4v) is 2.19. The molecule has 0 unspecified atom stereocenters. The smallest absolute Gasteiger partial charge is 0.409 e. The van der Waals surface area contributed by atoms with Gasteiger partial charge in [-0.15, -0.1) is 0 Å². The molecule has 0 aromatic carbocycles. The number of nitrogens with zero attached hydrogens (tertiary/aromatic N) is 2. The molecule has 0 bridgehead atoms. The third-order valence-electron chi connectivity index (χ3n) is 3.75. The van der Waals surface area contributed by atoms with Crippen molar-refractivity contribution >= 4 is 18.0 Å². The number of hydrogen-bond donors (Lipinski definition) is 0. The fraction of sp³-hybridized carbons (Fsp3) is 0.833. The number of rotatable bonds is 13. The highest BCUT2D eigenvalue weighted by Gasteiger charge is 2.18. The minimum absolute atomic E-state index is 0.119. The molecule has 0 saturated heterocycles. The molecule has 0 aromatic heterocycles. The van der Waals surface area contributed by atoms with Gasteiger partial charge in [-0.2, -0.15) is 0 Å². The largest absolute Gasteiger partial charge is 0.464 e. The van der Waals surface area contributed by atoms with Crippen molar-refractivity contribution in [1.29, 1.82) is 0 Å². The summed E-state index contributed by atoms with van der Waals surface area (Å²) in [4.78, 5) is 37.6. The second-order valence-electron chi connectivity index (χ2n) is 6.15. The van der Waals surface area contributed by atoms with Gasteiger partial charge in [0.15, 0.2) is 0 Å². The molecule has 2 amide bonds. The van der Waals surface area contributed by atoms with Crippen LogP contribution in [0.3, 0.4) is 0 Å². The quantitative estimate of drug-likeness (QED) is 0.374. The number of carbonyl (C=O) groups is 3. The van der Waals surface area contributed by atoms with Gasteiger partial charge in [-0.25, -0.2) is 4.79 Å². The lowest BCUT2D eigenvalue weighted by Crippen LogP contribution is -2.41. The van der Waals surface area contributed by atoms with Crippen molar-refractivity contribution in [2.45, 2.75) is 58.8 Å². The summed E-state index contributed by atoms with van der Waals surface area (Å²) in [5, 5.41) is 0. The minimum Gasteiger partial charge on any atom is -0.464 e. The first kappa shape index (κ1) is 23.2. The molecule has 0 heterocycles. The zero-order chi connectivity index (χ0) is 19.1. The first-order valence-corrected chi connectivity index (χ1v) is 9.19. The molecule has 0 saturated carbocycles. The molecule has 0 N–H and O–H groups in total. The molecular weight excluding hydrogens is 324 g/mol. The Balaban J connectivity index is 3.82. The maximum atomic E-state index is 12.0. The molecule has 0 aliphatic carbocycles. The Kier molecular flexibility index (Phi) is 13.5. The lowest BCUT2D eigenvalue weighted by molar-refractivity contribution is -0.148. The molecule has 146 valence electrons. The van der Waals surface area contributed by atoms with Gasteiger partial charge in [0.2, 0.25) is 5.91 Å². The van der Waals surface area contributed by atoms with Gasteiger partial charge in [-0.05, 0) is 13.3 Å². The van der Waals surface area contributed by atoms with E-state index in [0.717, 1.165) is 19.3 Å². The molecule has 25 heavy (non-hydrogen) atoms. The Morgan fingerprint density at radius 3 is 1.96 bits per heavy atom. The van der Waals surface area contributed by atoms with Crippen molar-refractivity contribution in [2.24, 2.45) is 0 Å². The zero-order valence-electron chi connectivity index (χ0n) is 16.2. The van der Waals surface area contributed by atoms with Crippen molar-refractivity contribution in [2.75, 3.05) is 40.4 Å². The van der Waals surface area contributed by atoms with Crippen molar-refractivity contribution in [3.63, 3.8) is 0 Å². The molecule has 7 heteroatoms. The van der Waals surface area contributed by atoms with Gasteiger partial charge < -0.3 is 19.3 Å². The molecule has 0 aliphatic heterocycles. The van der Waals surface area contributed by atoms with E-state index in [9.17, 15) is 14.4 Å². The van der Waals surface area contributed by atoms with Crippen LogP contribution in [-0.2, 0) is 19.1 Å². The van der Waals surface area contributed by atoms with Crippen molar-refractivity contribution in [3.05, 3.63) is 0 Å². The molecule has 0 rings (SSSR count). The van der Waals surface area contributed by atoms with Crippen LogP contribution in [0.25, 0.3) is 0 Å². The summed E-state index contributed by atoms with van der Waals surface area (Å²) >= 11 is 0. The van der Waals surface area contributed by atoms with E-state index in [1.54, 1.807) is 6.92 Å². The number of esters is 1. The third-order valence-corrected chi connectivity index (χ3v) is 3.75. The van der Waals surface area contributed by atoms with Crippen LogP contribution in [-0.4, -0.2) is 68.2 Å². The van der Waals surface area contributed by atoms with E-state index in [-0.39, 0.29) is 25.6 Å². The van der Waals surface area contributed by atoms with Gasteiger partial charge in [0.25, 0.3) is 0 Å². The minimum atomic E-state index is -0.564. The van der Waals surface area contributed by atoms with Crippen LogP contribution >= 0.6 is 0 Å². The van der Waals surface area contributed by atoms with Crippen LogP contribution in [0.5, 0.6) is 0 Å². The van der Waals surface area contributed by atoms with E-state index in [1.165, 1.54) is 49.6 Å². The predicted molar refractivity (Wildman–Crippen MR) is 96.2 cm³/mol. The Morgan fingerprint density at radius 2 is 1.36 bits per heavy atom. The average Bonchev–Trinajstić information content (AvgIpc) is 2.57. The standard InChI is InChI=1S/C18H34N2O5/c1-5-7-8-9-10-11-12-13-25-17(22)15-19(3)16(21)14-20(4)18(23)24-6-2/h5-15H2,1-4H3. The Bertz CT molecular complexity index is 401. The summed E-state index contributed by atoms with van der Waals surface area (Å²) < 4.78 is 9.94. The van der Waals surface area contributed by atoms with Crippen molar-refractivity contribution in [3.8, 4) is 0 Å². The summed E-state index contributed by atoms with van der Waals surface area (Å²) in [6.07, 6.45) is 7.51. The Morgan fingerprint density at radius 1 is 0.760 bits per heavy atom. The maximum absolute atomic E-state index is 12.0. The second-order valence-corrected chi connectivity index (χ2v) is 6.15. The number of hydrogen-bond acceptors (Lipinski definition) is 5. The van der Waals surface area contributed by atoms with E-state index in [4.69, 9.17) is 9.47 Å². The van der Waals surface area contributed by atoms with Gasteiger partial charge in [-0.1, -0.05) is 45.4 Å². The number of carbonyl (C=O) groups excluding carboxylic acids is 3. The molecule has 0 spiro atoms. The highest BCUT2D eigenvalue weighted by atomic mass is 16.6. The highest BCUT2D eigenvalue weighted by Crippen LogP contribution is 2.07. The van der Waals surface area contributed by atoms with Crippen molar-refractivity contribution < 1.29 is 23.9 Å². The lowest BCUT2D eigenvalue weighted by Gasteiger charge is -2.21. The summed E-state index contributed by atoms with van der Waals surface area (Å²) in [7, 11) is 2.99. The van der Waals surface area contributed by atoms with Gasteiger partial charge in [0.05, 0.1) is 13.2 Å². The summed E-state index contributed by atoms with van der Waals surface area (Å²) in [6.45, 7) is 4.26. The summed E-state index contributed by atoms with van der Waals surface area (Å²) in [5.41, 5.74) is 0. The van der Waals surface area contributed by atoms with Crippen LogP contribution < -0.4 is 0 Å². The van der Waals surface area contributed by atoms with E-state index in [1.807, 2.05) is 0 Å².